The van der Waals surface area contributed by atoms with Gasteiger partial charge in [-0.25, -0.2) is 0 Å². The van der Waals surface area contributed by atoms with E-state index >= 15 is 0 Å². The molecule has 1 aromatic carbocycles. The summed E-state index contributed by atoms with van der Waals surface area (Å²) < 4.78 is 1.57. The lowest BCUT2D eigenvalue weighted by molar-refractivity contribution is -0.649. The van der Waals surface area contributed by atoms with Crippen molar-refractivity contribution in [2.24, 2.45) is 0 Å². The first-order valence-corrected chi connectivity index (χ1v) is 6.02. The third-order valence-corrected chi connectivity index (χ3v) is 2.66. The number of pyridine rings is 1. The van der Waals surface area contributed by atoms with Gasteiger partial charge in [0.05, 0.1) is 6.42 Å². The standard InChI is InChI=1S/C15H14N2O2/c1-12(18)16-17-10-6-5-9-14(17)11-15(19)13-7-3-2-4-8-13/h2-10H,11H2,1H3/p+1. The zero-order valence-electron chi connectivity index (χ0n) is 10.7. The monoisotopic (exact) mass is 255 g/mol. The Balaban J connectivity index is 2.19. The van der Waals surface area contributed by atoms with Crippen molar-refractivity contribution in [3.63, 3.8) is 0 Å². The van der Waals surface area contributed by atoms with Gasteiger partial charge in [0.1, 0.15) is 0 Å². The average molecular weight is 255 g/mol. The van der Waals surface area contributed by atoms with E-state index in [4.69, 9.17) is 0 Å². The summed E-state index contributed by atoms with van der Waals surface area (Å²) in [6.07, 6.45) is 1.96. The molecule has 1 heterocycles. The minimum atomic E-state index is -0.176. The molecule has 0 saturated carbocycles. The Kier molecular flexibility index (Phi) is 4.03. The Hall–Kier alpha value is -2.49. The normalized spacial score (nSPS) is 9.95. The molecule has 0 unspecified atom stereocenters. The van der Waals surface area contributed by atoms with Crippen LogP contribution in [0.2, 0.25) is 0 Å². The fourth-order valence-electron chi connectivity index (χ4n) is 1.79. The highest BCUT2D eigenvalue weighted by Crippen LogP contribution is 2.04. The van der Waals surface area contributed by atoms with Crippen LogP contribution < -0.4 is 10.1 Å². The zero-order chi connectivity index (χ0) is 13.7. The van der Waals surface area contributed by atoms with Crippen LogP contribution in [0.3, 0.4) is 0 Å². The molecule has 1 aromatic heterocycles. The van der Waals surface area contributed by atoms with Crippen molar-refractivity contribution in [1.82, 2.24) is 0 Å². The van der Waals surface area contributed by atoms with E-state index in [2.05, 4.69) is 5.43 Å². The molecule has 19 heavy (non-hydrogen) atoms. The van der Waals surface area contributed by atoms with Crippen LogP contribution in [0.5, 0.6) is 0 Å². The van der Waals surface area contributed by atoms with Gasteiger partial charge in [0, 0.05) is 24.6 Å². The van der Waals surface area contributed by atoms with Crippen LogP contribution in [0.1, 0.15) is 23.0 Å². The minimum Gasteiger partial charge on any atom is -0.294 e. The Labute approximate surface area is 111 Å². The molecule has 4 nitrogen and oxygen atoms in total. The van der Waals surface area contributed by atoms with Gasteiger partial charge in [-0.1, -0.05) is 35.0 Å². The summed E-state index contributed by atoms with van der Waals surface area (Å²) in [7, 11) is 0. The SMILES string of the molecule is CC(=O)N[n+]1ccccc1CC(=O)c1ccccc1. The van der Waals surface area contributed by atoms with Gasteiger partial charge in [0.25, 0.3) is 5.91 Å². The first-order valence-electron chi connectivity index (χ1n) is 6.02. The van der Waals surface area contributed by atoms with Crippen LogP contribution in [0.15, 0.2) is 54.7 Å². The minimum absolute atomic E-state index is 0.0194. The summed E-state index contributed by atoms with van der Waals surface area (Å²) >= 11 is 0. The highest BCUT2D eigenvalue weighted by Gasteiger charge is 2.16. The first-order chi connectivity index (χ1) is 9.16. The molecule has 1 N–H and O–H groups in total. The number of carbonyl (C=O) groups excluding carboxylic acids is 2. The summed E-state index contributed by atoms with van der Waals surface area (Å²) in [5.41, 5.74) is 4.07. The number of amides is 1. The molecule has 1 amide bonds. The Bertz CT molecular complexity index is 594. The highest BCUT2D eigenvalue weighted by molar-refractivity contribution is 5.97. The maximum Gasteiger partial charge on any atom is 0.271 e. The Morgan fingerprint density at radius 2 is 1.74 bits per heavy atom. The van der Waals surface area contributed by atoms with Crippen molar-refractivity contribution in [3.8, 4) is 0 Å². The fraction of sp³-hybridized carbons (Fsp3) is 0.133. The van der Waals surface area contributed by atoms with Gasteiger partial charge >= 0.3 is 0 Å². The van der Waals surface area contributed by atoms with Crippen LogP contribution in [0, 0.1) is 0 Å². The van der Waals surface area contributed by atoms with Crippen LogP contribution in [-0.2, 0) is 11.2 Å². The van der Waals surface area contributed by atoms with E-state index < -0.39 is 0 Å². The quantitative estimate of drug-likeness (QED) is 0.664. The molecule has 0 spiro atoms. The predicted octanol–water partition coefficient (Wildman–Crippen LogP) is 1.49. The van der Waals surface area contributed by atoms with Gasteiger partial charge in [-0.05, 0) is 6.07 Å². The topological polar surface area (TPSA) is 50.1 Å². The van der Waals surface area contributed by atoms with Gasteiger partial charge in [0.2, 0.25) is 5.69 Å². The molecule has 0 aliphatic rings. The second kappa shape index (κ2) is 5.91. The third-order valence-electron chi connectivity index (χ3n) is 2.66. The molecule has 0 aliphatic carbocycles. The molecular formula is C15H15N2O2+. The smallest absolute Gasteiger partial charge is 0.271 e. The van der Waals surface area contributed by atoms with Crippen molar-refractivity contribution in [3.05, 3.63) is 66.0 Å². The molecule has 4 heteroatoms. The van der Waals surface area contributed by atoms with E-state index in [1.165, 1.54) is 6.92 Å². The van der Waals surface area contributed by atoms with E-state index in [9.17, 15) is 9.59 Å². The van der Waals surface area contributed by atoms with E-state index in [1.54, 1.807) is 29.1 Å². The molecule has 0 bridgehead atoms. The number of hydrogen-bond donors (Lipinski definition) is 1. The average Bonchev–Trinajstić information content (AvgIpc) is 2.41. The van der Waals surface area contributed by atoms with Crippen molar-refractivity contribution in [2.45, 2.75) is 13.3 Å². The van der Waals surface area contributed by atoms with Crippen LogP contribution >= 0.6 is 0 Å². The van der Waals surface area contributed by atoms with Gasteiger partial charge in [-0.15, -0.1) is 5.43 Å². The number of nitrogens with one attached hydrogen (secondary N) is 1. The molecule has 0 saturated heterocycles. The maximum atomic E-state index is 12.1. The van der Waals surface area contributed by atoms with Crippen molar-refractivity contribution in [2.75, 3.05) is 5.43 Å². The number of Topliss-reactive ketones (excluding diaryl/α,β-unsaturated/α-hetero) is 1. The lowest BCUT2D eigenvalue weighted by Crippen LogP contribution is -2.50. The summed E-state index contributed by atoms with van der Waals surface area (Å²) in [6, 6.07) is 14.6. The summed E-state index contributed by atoms with van der Waals surface area (Å²) in [6.45, 7) is 1.43. The Morgan fingerprint density at radius 3 is 2.42 bits per heavy atom. The molecular weight excluding hydrogens is 240 g/mol. The lowest BCUT2D eigenvalue weighted by Gasteiger charge is -2.02. The zero-order valence-corrected chi connectivity index (χ0v) is 10.7. The lowest BCUT2D eigenvalue weighted by atomic mass is 10.1. The van der Waals surface area contributed by atoms with Crippen LogP contribution in [0.25, 0.3) is 0 Å². The van der Waals surface area contributed by atoms with E-state index in [0.29, 0.717) is 5.56 Å². The number of aromatic nitrogens is 1. The number of hydrogen-bond acceptors (Lipinski definition) is 2. The number of nitrogens with zero attached hydrogens (tertiary/aromatic N) is 1. The maximum absolute atomic E-state index is 12.1. The summed E-state index contributed by atoms with van der Waals surface area (Å²) in [4.78, 5) is 23.2. The van der Waals surface area contributed by atoms with Gasteiger partial charge < -0.3 is 0 Å². The molecule has 0 atom stereocenters. The molecule has 96 valence electrons. The van der Waals surface area contributed by atoms with Gasteiger partial charge in [0.15, 0.2) is 12.0 Å². The number of ketones is 1. The molecule has 0 aliphatic heterocycles. The van der Waals surface area contributed by atoms with Crippen molar-refractivity contribution < 1.29 is 14.3 Å². The predicted molar refractivity (Wildman–Crippen MR) is 71.2 cm³/mol. The second-order valence-electron chi connectivity index (χ2n) is 4.20. The Morgan fingerprint density at radius 1 is 1.05 bits per heavy atom. The molecule has 2 rings (SSSR count). The summed E-state index contributed by atoms with van der Waals surface area (Å²) in [5, 5.41) is 0. The number of benzene rings is 1. The van der Waals surface area contributed by atoms with Gasteiger partial charge in [-0.3, -0.25) is 9.59 Å². The van der Waals surface area contributed by atoms with E-state index in [0.717, 1.165) is 5.69 Å². The fourth-order valence-corrected chi connectivity index (χ4v) is 1.79. The van der Waals surface area contributed by atoms with Crippen molar-refractivity contribution in [1.29, 1.82) is 0 Å². The van der Waals surface area contributed by atoms with Crippen molar-refractivity contribution >= 4 is 11.7 Å². The van der Waals surface area contributed by atoms with Crippen LogP contribution in [0.4, 0.5) is 0 Å². The molecule has 0 radical (unpaired) electrons. The largest absolute Gasteiger partial charge is 0.294 e. The number of rotatable bonds is 4. The molecule has 0 fully saturated rings. The first kappa shape index (κ1) is 13.0. The van der Waals surface area contributed by atoms with E-state index in [1.807, 2.05) is 30.3 Å². The third kappa shape index (κ3) is 3.48. The van der Waals surface area contributed by atoms with Gasteiger partial charge in [-0.2, -0.15) is 0 Å². The second-order valence-corrected chi connectivity index (χ2v) is 4.20. The van der Waals surface area contributed by atoms with Crippen LogP contribution in [-0.4, -0.2) is 11.7 Å². The molecule has 2 aromatic rings. The van der Waals surface area contributed by atoms with E-state index in [-0.39, 0.29) is 18.1 Å². The summed E-state index contributed by atoms with van der Waals surface area (Å²) in [5.74, 6) is -0.157. The highest BCUT2D eigenvalue weighted by atomic mass is 16.2. The number of carbonyl (C=O) groups is 2.